The third-order valence-corrected chi connectivity index (χ3v) is 4.32. The molecule has 31 heavy (non-hydrogen) atoms. The van der Waals surface area contributed by atoms with Gasteiger partial charge < -0.3 is 14.8 Å². The van der Waals surface area contributed by atoms with Gasteiger partial charge in [0, 0.05) is 12.8 Å². The number of hydrogen-bond donors (Lipinski definition) is 1. The van der Waals surface area contributed by atoms with Crippen LogP contribution in [0.25, 0.3) is 0 Å². The summed E-state index contributed by atoms with van der Waals surface area (Å²) in [7, 11) is 0. The summed E-state index contributed by atoms with van der Waals surface area (Å²) in [5, 5.41) is 2.82. The first-order valence-corrected chi connectivity index (χ1v) is 9.99. The molecule has 0 heterocycles. The number of hydrogen-bond acceptors (Lipinski definition) is 5. The highest BCUT2D eigenvalue weighted by Gasteiger charge is 2.05. The van der Waals surface area contributed by atoms with Crippen LogP contribution in [0.15, 0.2) is 83.9 Å². The third kappa shape index (κ3) is 7.12. The highest BCUT2D eigenvalue weighted by Crippen LogP contribution is 2.15. The van der Waals surface area contributed by atoms with Crippen molar-refractivity contribution in [2.45, 2.75) is 13.5 Å². The Labute approximate surface area is 181 Å². The molecule has 0 spiro atoms. The van der Waals surface area contributed by atoms with Gasteiger partial charge in [-0.3, -0.25) is 9.79 Å². The zero-order valence-electron chi connectivity index (χ0n) is 17.3. The Hall–Kier alpha value is -3.93. The molecule has 1 N–H and O–H groups in total. The highest BCUT2D eigenvalue weighted by molar-refractivity contribution is 5.90. The maximum Gasteiger partial charge on any atom is 0.338 e. The molecular weight excluding hydrogens is 392 g/mol. The number of ether oxygens (including phenoxy) is 2. The molecular formula is C25H24N2O4. The zero-order valence-corrected chi connectivity index (χ0v) is 17.3. The number of carbonyl (C=O) groups is 2. The van der Waals surface area contributed by atoms with E-state index >= 15 is 0 Å². The largest absolute Gasteiger partial charge is 0.484 e. The Morgan fingerprint density at radius 3 is 2.32 bits per heavy atom. The van der Waals surface area contributed by atoms with Gasteiger partial charge in [-0.05, 0) is 66.6 Å². The molecule has 0 unspecified atom stereocenters. The van der Waals surface area contributed by atoms with Crippen LogP contribution in [0.2, 0.25) is 0 Å². The van der Waals surface area contributed by atoms with E-state index in [-0.39, 0.29) is 18.5 Å². The number of aliphatic imine (C=N–C) groups is 1. The molecule has 3 rings (SSSR count). The summed E-state index contributed by atoms with van der Waals surface area (Å²) in [5.41, 5.74) is 3.14. The van der Waals surface area contributed by atoms with Gasteiger partial charge in [0.15, 0.2) is 6.61 Å². The van der Waals surface area contributed by atoms with Crippen LogP contribution in [0.4, 0.5) is 5.69 Å². The van der Waals surface area contributed by atoms with Crippen LogP contribution >= 0.6 is 0 Å². The zero-order chi connectivity index (χ0) is 21.9. The number of nitrogens with zero attached hydrogens (tertiary/aromatic N) is 1. The minimum absolute atomic E-state index is 0.0485. The molecule has 3 aromatic rings. The second-order valence-corrected chi connectivity index (χ2v) is 6.65. The number of rotatable bonds is 9. The number of benzene rings is 3. The van der Waals surface area contributed by atoms with Crippen molar-refractivity contribution in [1.82, 2.24) is 5.32 Å². The molecule has 158 valence electrons. The Bertz CT molecular complexity index is 1010. The van der Waals surface area contributed by atoms with Gasteiger partial charge in [-0.2, -0.15) is 0 Å². The molecule has 0 saturated carbocycles. The van der Waals surface area contributed by atoms with Crippen molar-refractivity contribution >= 4 is 23.8 Å². The standard InChI is InChI=1S/C25H24N2O4/c1-2-30-25(29)21-10-12-22(13-11-21)26-16-20-8-14-23(15-9-20)31-18-24(28)27-17-19-6-4-3-5-7-19/h3-16H,2,17-18H2,1H3,(H,27,28). The van der Waals surface area contributed by atoms with E-state index in [1.165, 1.54) is 0 Å². The second kappa shape index (κ2) is 11.3. The van der Waals surface area contributed by atoms with Gasteiger partial charge in [0.2, 0.25) is 0 Å². The van der Waals surface area contributed by atoms with Gasteiger partial charge in [-0.1, -0.05) is 30.3 Å². The molecule has 0 aliphatic carbocycles. The van der Waals surface area contributed by atoms with E-state index in [9.17, 15) is 9.59 Å². The molecule has 6 nitrogen and oxygen atoms in total. The fraction of sp³-hybridized carbons (Fsp3) is 0.160. The fourth-order valence-electron chi connectivity index (χ4n) is 2.69. The SMILES string of the molecule is CCOC(=O)c1ccc(N=Cc2ccc(OCC(=O)NCc3ccccc3)cc2)cc1. The average Bonchev–Trinajstić information content (AvgIpc) is 2.82. The second-order valence-electron chi connectivity index (χ2n) is 6.65. The minimum Gasteiger partial charge on any atom is -0.484 e. The summed E-state index contributed by atoms with van der Waals surface area (Å²) in [4.78, 5) is 28.0. The fourth-order valence-corrected chi connectivity index (χ4v) is 2.69. The van der Waals surface area contributed by atoms with Gasteiger partial charge in [0.1, 0.15) is 5.75 Å². The van der Waals surface area contributed by atoms with E-state index in [2.05, 4.69) is 10.3 Å². The smallest absolute Gasteiger partial charge is 0.338 e. The van der Waals surface area contributed by atoms with Crippen LogP contribution in [-0.2, 0) is 16.1 Å². The first-order valence-electron chi connectivity index (χ1n) is 9.99. The van der Waals surface area contributed by atoms with Crippen molar-refractivity contribution in [3.05, 3.63) is 95.6 Å². The van der Waals surface area contributed by atoms with Crippen LogP contribution in [0.1, 0.15) is 28.4 Å². The molecule has 0 radical (unpaired) electrons. The lowest BCUT2D eigenvalue weighted by Gasteiger charge is -2.08. The highest BCUT2D eigenvalue weighted by atomic mass is 16.5. The van der Waals surface area contributed by atoms with Gasteiger partial charge in [-0.25, -0.2) is 4.79 Å². The van der Waals surface area contributed by atoms with E-state index < -0.39 is 0 Å². The molecule has 0 aromatic heterocycles. The van der Waals surface area contributed by atoms with Crippen molar-refractivity contribution in [3.63, 3.8) is 0 Å². The summed E-state index contributed by atoms with van der Waals surface area (Å²) >= 11 is 0. The summed E-state index contributed by atoms with van der Waals surface area (Å²) in [6.07, 6.45) is 1.72. The van der Waals surface area contributed by atoms with Gasteiger partial charge in [0.05, 0.1) is 17.9 Å². The summed E-state index contributed by atoms with van der Waals surface area (Å²) in [5.74, 6) is 0.0777. The Kier molecular flexibility index (Phi) is 7.94. The number of amides is 1. The Morgan fingerprint density at radius 1 is 0.935 bits per heavy atom. The molecule has 0 atom stereocenters. The monoisotopic (exact) mass is 416 g/mol. The van der Waals surface area contributed by atoms with Crippen LogP contribution in [0.3, 0.4) is 0 Å². The molecule has 3 aromatic carbocycles. The number of nitrogens with one attached hydrogen (secondary N) is 1. The van der Waals surface area contributed by atoms with Gasteiger partial charge in [0.25, 0.3) is 5.91 Å². The average molecular weight is 416 g/mol. The summed E-state index contributed by atoms with van der Waals surface area (Å²) < 4.78 is 10.5. The lowest BCUT2D eigenvalue weighted by molar-refractivity contribution is -0.123. The van der Waals surface area contributed by atoms with E-state index in [1.807, 2.05) is 42.5 Å². The predicted octanol–water partition coefficient (Wildman–Crippen LogP) is 4.31. The van der Waals surface area contributed by atoms with Crippen LogP contribution in [-0.4, -0.2) is 31.3 Å². The minimum atomic E-state index is -0.345. The molecule has 0 saturated heterocycles. The quantitative estimate of drug-likeness (QED) is 0.417. The van der Waals surface area contributed by atoms with Gasteiger partial charge >= 0.3 is 5.97 Å². The van der Waals surface area contributed by atoms with Gasteiger partial charge in [-0.15, -0.1) is 0 Å². The van der Waals surface area contributed by atoms with Crippen molar-refractivity contribution in [2.24, 2.45) is 4.99 Å². The lowest BCUT2D eigenvalue weighted by Crippen LogP contribution is -2.28. The first-order chi connectivity index (χ1) is 15.1. The van der Waals surface area contributed by atoms with Crippen LogP contribution in [0, 0.1) is 0 Å². The van der Waals surface area contributed by atoms with E-state index in [0.717, 1.165) is 16.8 Å². The van der Waals surface area contributed by atoms with Crippen molar-refractivity contribution in [1.29, 1.82) is 0 Å². The molecule has 0 aliphatic rings. The summed E-state index contributed by atoms with van der Waals surface area (Å²) in [6.45, 7) is 2.54. The Balaban J connectivity index is 1.46. The maximum absolute atomic E-state index is 11.9. The van der Waals surface area contributed by atoms with E-state index in [4.69, 9.17) is 9.47 Å². The topological polar surface area (TPSA) is 77.0 Å². The van der Waals surface area contributed by atoms with Crippen LogP contribution < -0.4 is 10.1 Å². The number of esters is 1. The molecule has 0 bridgehead atoms. The molecule has 6 heteroatoms. The number of carbonyl (C=O) groups excluding carboxylic acids is 2. The first kappa shape index (κ1) is 21.8. The molecule has 0 fully saturated rings. The van der Waals surface area contributed by atoms with Crippen molar-refractivity contribution < 1.29 is 19.1 Å². The lowest BCUT2D eigenvalue weighted by atomic mass is 10.2. The Morgan fingerprint density at radius 2 is 1.65 bits per heavy atom. The maximum atomic E-state index is 11.9. The van der Waals surface area contributed by atoms with E-state index in [0.29, 0.717) is 24.5 Å². The third-order valence-electron chi connectivity index (χ3n) is 4.32. The van der Waals surface area contributed by atoms with Crippen molar-refractivity contribution in [3.8, 4) is 5.75 Å². The van der Waals surface area contributed by atoms with Crippen molar-refractivity contribution in [2.75, 3.05) is 13.2 Å². The van der Waals surface area contributed by atoms with Crippen LogP contribution in [0.5, 0.6) is 5.75 Å². The predicted molar refractivity (Wildman–Crippen MR) is 120 cm³/mol. The summed E-state index contributed by atoms with van der Waals surface area (Å²) in [6, 6.07) is 23.9. The molecule has 1 amide bonds. The van der Waals surface area contributed by atoms with E-state index in [1.54, 1.807) is 49.5 Å². The normalized spacial score (nSPS) is 10.6. The molecule has 0 aliphatic heterocycles.